The van der Waals surface area contributed by atoms with Crippen LogP contribution in [0, 0.1) is 0 Å². The fourth-order valence-electron chi connectivity index (χ4n) is 4.78. The summed E-state index contributed by atoms with van der Waals surface area (Å²) < 4.78 is 1.91. The third-order valence-electron chi connectivity index (χ3n) is 6.98. The molecule has 2 aromatic heterocycles. The van der Waals surface area contributed by atoms with Gasteiger partial charge in [-0.3, -0.25) is 9.36 Å². The van der Waals surface area contributed by atoms with Crippen LogP contribution in [0.3, 0.4) is 0 Å². The lowest BCUT2D eigenvalue weighted by molar-refractivity contribution is -0.111. The lowest BCUT2D eigenvalue weighted by Gasteiger charge is -2.34. The predicted molar refractivity (Wildman–Crippen MR) is 165 cm³/mol. The van der Waals surface area contributed by atoms with Gasteiger partial charge in [-0.15, -0.1) is 0 Å². The first-order valence-corrected chi connectivity index (χ1v) is 13.5. The van der Waals surface area contributed by atoms with Gasteiger partial charge in [0.2, 0.25) is 17.8 Å². The van der Waals surface area contributed by atoms with E-state index in [2.05, 4.69) is 56.5 Å². The maximum atomic E-state index is 11.9. The number of imidazole rings is 1. The van der Waals surface area contributed by atoms with Crippen molar-refractivity contribution < 1.29 is 4.79 Å². The van der Waals surface area contributed by atoms with Crippen LogP contribution < -0.4 is 20.9 Å². The van der Waals surface area contributed by atoms with Gasteiger partial charge in [0, 0.05) is 48.9 Å². The molecule has 0 radical (unpaired) electrons. The number of rotatable bonds is 8. The molecule has 3 N–H and O–H groups in total. The molecule has 1 saturated heterocycles. The number of aromatic nitrogens is 4. The minimum atomic E-state index is -0.285. The first-order chi connectivity index (χ1) is 20.1. The molecular weight excluding hydrogens is 514 g/mol. The monoisotopic (exact) mass is 545 g/mol. The number of hydrogen-bond donors (Lipinski definition) is 3. The van der Waals surface area contributed by atoms with Crippen LogP contribution in [0.4, 0.5) is 34.6 Å². The second kappa shape index (κ2) is 11.5. The number of benzene rings is 3. The highest BCUT2D eigenvalue weighted by atomic mass is 16.1. The minimum Gasteiger partial charge on any atom is -0.369 e. The first-order valence-electron chi connectivity index (χ1n) is 13.5. The van der Waals surface area contributed by atoms with Gasteiger partial charge in [-0.05, 0) is 67.7 Å². The van der Waals surface area contributed by atoms with Crippen LogP contribution in [0.15, 0.2) is 97.7 Å². The smallest absolute Gasteiger partial charge is 0.247 e. The molecule has 206 valence electrons. The van der Waals surface area contributed by atoms with Crippen LogP contribution in [0.25, 0.3) is 16.9 Å². The van der Waals surface area contributed by atoms with E-state index in [1.165, 1.54) is 11.8 Å². The number of hydrogen-bond acceptors (Lipinski definition) is 8. The Morgan fingerprint density at radius 2 is 1.56 bits per heavy atom. The molecule has 0 saturated carbocycles. The van der Waals surface area contributed by atoms with Crippen LogP contribution in [0.2, 0.25) is 0 Å². The lowest BCUT2D eigenvalue weighted by atomic mass is 10.2. The van der Waals surface area contributed by atoms with Crippen molar-refractivity contribution in [2.75, 3.05) is 54.1 Å². The molecule has 0 aliphatic carbocycles. The number of nitrogens with one attached hydrogen (secondary N) is 3. The van der Waals surface area contributed by atoms with Gasteiger partial charge in [-0.1, -0.05) is 30.8 Å². The normalized spacial score (nSPS) is 13.6. The molecule has 0 spiro atoms. The Labute approximate surface area is 238 Å². The van der Waals surface area contributed by atoms with Crippen molar-refractivity contribution in [3.63, 3.8) is 0 Å². The summed E-state index contributed by atoms with van der Waals surface area (Å²) in [5, 5.41) is 9.55. The van der Waals surface area contributed by atoms with Crippen LogP contribution >= 0.6 is 0 Å². The van der Waals surface area contributed by atoms with Gasteiger partial charge in [0.15, 0.2) is 5.65 Å². The van der Waals surface area contributed by atoms with Crippen LogP contribution in [-0.4, -0.2) is 63.6 Å². The Bertz CT molecular complexity index is 1670. The molecule has 6 rings (SSSR count). The van der Waals surface area contributed by atoms with Crippen LogP contribution in [0.1, 0.15) is 0 Å². The minimum absolute atomic E-state index is 0.285. The Balaban J connectivity index is 1.33. The summed E-state index contributed by atoms with van der Waals surface area (Å²) in [4.78, 5) is 30.9. The second-order valence-electron chi connectivity index (χ2n) is 9.87. The zero-order valence-electron chi connectivity index (χ0n) is 22.8. The number of likely N-dealkylation sites (N-methyl/N-ethyl adjacent to an activating group) is 1. The molecule has 0 atom stereocenters. The number of anilines is 6. The van der Waals surface area contributed by atoms with Gasteiger partial charge >= 0.3 is 0 Å². The second-order valence-corrected chi connectivity index (χ2v) is 9.87. The van der Waals surface area contributed by atoms with E-state index in [-0.39, 0.29) is 5.91 Å². The molecule has 1 amide bonds. The standard InChI is InChI=1S/C31H31N9O/c1-3-28(41)33-24-10-7-11-26(20-24)40-29-27(36-31(40)35-22-8-5-4-6-9-22)21-32-30(37-29)34-23-12-14-25(15-13-23)39-18-16-38(2)17-19-39/h3-15,20-21H,1,16-19H2,2H3,(H,33,41)(H,35,36)(H,32,34,37). The molecule has 1 aliphatic heterocycles. The van der Waals surface area contributed by atoms with E-state index in [1.807, 2.05) is 71.3 Å². The molecule has 3 heterocycles. The van der Waals surface area contributed by atoms with Gasteiger partial charge in [-0.2, -0.15) is 4.98 Å². The molecule has 3 aromatic carbocycles. The van der Waals surface area contributed by atoms with Crippen molar-refractivity contribution in [2.24, 2.45) is 0 Å². The van der Waals surface area contributed by atoms with Crippen LogP contribution in [-0.2, 0) is 4.79 Å². The highest BCUT2D eigenvalue weighted by Crippen LogP contribution is 2.28. The summed E-state index contributed by atoms with van der Waals surface area (Å²) in [6.07, 6.45) is 2.95. The predicted octanol–water partition coefficient (Wildman–Crippen LogP) is 5.18. The molecular formula is C31H31N9O. The van der Waals surface area contributed by atoms with E-state index >= 15 is 0 Å². The van der Waals surface area contributed by atoms with Gasteiger partial charge in [-0.25, -0.2) is 9.97 Å². The van der Waals surface area contributed by atoms with Crippen LogP contribution in [0.5, 0.6) is 0 Å². The average Bonchev–Trinajstić information content (AvgIpc) is 3.35. The van der Waals surface area contributed by atoms with Gasteiger partial charge in [0.1, 0.15) is 5.52 Å². The molecule has 10 heteroatoms. The first kappa shape index (κ1) is 26.0. The molecule has 10 nitrogen and oxygen atoms in total. The number of fused-ring (bicyclic) bond motifs is 1. The Hall–Kier alpha value is -5.22. The van der Waals surface area contributed by atoms with Crippen molar-refractivity contribution >= 4 is 51.7 Å². The van der Waals surface area contributed by atoms with Gasteiger partial charge < -0.3 is 25.8 Å². The van der Waals surface area contributed by atoms with Crippen molar-refractivity contribution in [3.8, 4) is 5.69 Å². The zero-order valence-corrected chi connectivity index (χ0v) is 22.8. The molecule has 5 aromatic rings. The number of carbonyl (C=O) groups is 1. The molecule has 1 aliphatic rings. The third-order valence-corrected chi connectivity index (χ3v) is 6.98. The summed E-state index contributed by atoms with van der Waals surface area (Å²) in [5.41, 5.74) is 5.62. The van der Waals surface area contributed by atoms with E-state index in [9.17, 15) is 4.79 Å². The fraction of sp³-hybridized carbons (Fsp3) is 0.161. The van der Waals surface area contributed by atoms with E-state index in [0.29, 0.717) is 28.7 Å². The Kier molecular flexibility index (Phi) is 7.29. The number of piperazine rings is 1. The Morgan fingerprint density at radius 1 is 0.829 bits per heavy atom. The maximum Gasteiger partial charge on any atom is 0.247 e. The van der Waals surface area contributed by atoms with Crippen molar-refractivity contribution in [3.05, 3.63) is 97.7 Å². The lowest BCUT2D eigenvalue weighted by Crippen LogP contribution is -2.44. The number of para-hydroxylation sites is 1. The summed E-state index contributed by atoms with van der Waals surface area (Å²) in [7, 11) is 2.16. The molecule has 0 unspecified atom stereocenters. The number of carbonyl (C=O) groups excluding carboxylic acids is 1. The fourth-order valence-corrected chi connectivity index (χ4v) is 4.78. The molecule has 1 fully saturated rings. The molecule has 41 heavy (non-hydrogen) atoms. The SMILES string of the molecule is C=CC(=O)Nc1cccc(-n2c(Nc3ccccc3)nc3cnc(Nc4ccc(N5CCN(C)CC5)cc4)nc32)c1. The van der Waals surface area contributed by atoms with Crippen molar-refractivity contribution in [1.29, 1.82) is 0 Å². The largest absolute Gasteiger partial charge is 0.369 e. The van der Waals surface area contributed by atoms with E-state index in [1.54, 1.807) is 6.20 Å². The van der Waals surface area contributed by atoms with Gasteiger partial charge in [0.05, 0.1) is 11.9 Å². The number of amides is 1. The number of nitrogens with zero attached hydrogens (tertiary/aromatic N) is 6. The quantitative estimate of drug-likeness (QED) is 0.229. The van der Waals surface area contributed by atoms with Crippen molar-refractivity contribution in [1.82, 2.24) is 24.4 Å². The zero-order chi connectivity index (χ0) is 28.2. The third kappa shape index (κ3) is 5.87. The topological polar surface area (TPSA) is 103 Å². The highest BCUT2D eigenvalue weighted by molar-refractivity contribution is 5.99. The van der Waals surface area contributed by atoms with E-state index < -0.39 is 0 Å². The summed E-state index contributed by atoms with van der Waals surface area (Å²) >= 11 is 0. The van der Waals surface area contributed by atoms with Gasteiger partial charge in [0.25, 0.3) is 0 Å². The highest BCUT2D eigenvalue weighted by Gasteiger charge is 2.17. The summed E-state index contributed by atoms with van der Waals surface area (Å²) in [5.74, 6) is 0.738. The summed E-state index contributed by atoms with van der Waals surface area (Å²) in [6.45, 7) is 7.70. The average molecular weight is 546 g/mol. The maximum absolute atomic E-state index is 11.9. The Morgan fingerprint density at radius 3 is 2.32 bits per heavy atom. The summed E-state index contributed by atoms with van der Waals surface area (Å²) in [6, 6.07) is 25.6. The van der Waals surface area contributed by atoms with Crippen molar-refractivity contribution in [2.45, 2.75) is 0 Å². The van der Waals surface area contributed by atoms with E-state index in [4.69, 9.17) is 9.97 Å². The van der Waals surface area contributed by atoms with E-state index in [0.717, 1.165) is 43.2 Å². The molecule has 0 bridgehead atoms.